The summed E-state index contributed by atoms with van der Waals surface area (Å²) in [6.45, 7) is 0.423. The Balaban J connectivity index is 2.07. The number of rotatable bonds is 4. The van der Waals surface area contributed by atoms with Crippen molar-refractivity contribution < 1.29 is 4.79 Å². The Labute approximate surface area is 109 Å². The van der Waals surface area contributed by atoms with E-state index in [0.29, 0.717) is 23.7 Å². The van der Waals surface area contributed by atoms with Crippen molar-refractivity contribution in [3.8, 4) is 0 Å². The summed E-state index contributed by atoms with van der Waals surface area (Å²) in [6.07, 6.45) is 4.05. The van der Waals surface area contributed by atoms with Crippen molar-refractivity contribution in [1.82, 2.24) is 14.7 Å². The van der Waals surface area contributed by atoms with Gasteiger partial charge in [-0.3, -0.25) is 4.79 Å². The van der Waals surface area contributed by atoms with Crippen LogP contribution in [0.4, 0.5) is 0 Å². The Morgan fingerprint density at radius 2 is 2.29 bits per heavy atom. The lowest BCUT2D eigenvalue weighted by Gasteiger charge is -2.00. The molecule has 1 amide bonds. The number of carbonyl (C=O) groups excluding carboxylic acids is 1. The van der Waals surface area contributed by atoms with Crippen LogP contribution in [0.2, 0.25) is 5.02 Å². The maximum atomic E-state index is 11.3. The number of thiol groups is 1. The van der Waals surface area contributed by atoms with E-state index in [2.05, 4.69) is 22.9 Å². The summed E-state index contributed by atoms with van der Waals surface area (Å²) in [7, 11) is 0. The summed E-state index contributed by atoms with van der Waals surface area (Å²) >= 11 is 9.87. The molecule has 6 heteroatoms. The minimum Gasteiger partial charge on any atom is -0.350 e. The standard InChI is InChI=1S/C11H12ClN3OS/c12-8-1-2-10-14-9(7-15(10)6-8)5-13-11(16)3-4-17/h1-2,6-7,17H,3-5H2,(H,13,16). The molecule has 0 fully saturated rings. The van der Waals surface area contributed by atoms with Crippen LogP contribution in [0, 0.1) is 0 Å². The molecule has 90 valence electrons. The molecule has 17 heavy (non-hydrogen) atoms. The zero-order valence-electron chi connectivity index (χ0n) is 9.06. The molecule has 0 aliphatic heterocycles. The predicted molar refractivity (Wildman–Crippen MR) is 70.5 cm³/mol. The number of hydrogen-bond donors (Lipinski definition) is 2. The quantitative estimate of drug-likeness (QED) is 0.833. The molecule has 2 heterocycles. The lowest BCUT2D eigenvalue weighted by atomic mass is 10.4. The molecule has 0 radical (unpaired) electrons. The van der Waals surface area contributed by atoms with Gasteiger partial charge in [-0.25, -0.2) is 4.98 Å². The molecule has 0 atom stereocenters. The van der Waals surface area contributed by atoms with E-state index in [-0.39, 0.29) is 5.91 Å². The first-order chi connectivity index (χ1) is 8.19. The molecule has 2 aromatic heterocycles. The van der Waals surface area contributed by atoms with Gasteiger partial charge in [-0.05, 0) is 17.9 Å². The van der Waals surface area contributed by atoms with Crippen molar-refractivity contribution in [1.29, 1.82) is 0 Å². The van der Waals surface area contributed by atoms with Gasteiger partial charge < -0.3 is 9.72 Å². The molecule has 2 rings (SSSR count). The first-order valence-electron chi connectivity index (χ1n) is 5.20. The van der Waals surface area contributed by atoms with Crippen molar-refractivity contribution >= 4 is 35.8 Å². The average Bonchev–Trinajstić information content (AvgIpc) is 2.68. The van der Waals surface area contributed by atoms with E-state index >= 15 is 0 Å². The summed E-state index contributed by atoms with van der Waals surface area (Å²) in [5.41, 5.74) is 1.62. The third-order valence-corrected chi connectivity index (χ3v) is 2.72. The number of aromatic nitrogens is 2. The molecule has 0 spiro atoms. The molecule has 4 nitrogen and oxygen atoms in total. The number of nitrogens with zero attached hydrogens (tertiary/aromatic N) is 2. The Morgan fingerprint density at radius 3 is 3.06 bits per heavy atom. The lowest BCUT2D eigenvalue weighted by molar-refractivity contribution is -0.120. The predicted octanol–water partition coefficient (Wildman–Crippen LogP) is 1.92. The smallest absolute Gasteiger partial charge is 0.221 e. The SMILES string of the molecule is O=C(CCS)NCc1cn2cc(Cl)ccc2n1. The van der Waals surface area contributed by atoms with Crippen molar-refractivity contribution in [2.24, 2.45) is 0 Å². The normalized spacial score (nSPS) is 10.7. The minimum atomic E-state index is -0.0184. The molecule has 0 aromatic carbocycles. The van der Waals surface area contributed by atoms with Crippen molar-refractivity contribution in [2.75, 3.05) is 5.75 Å². The zero-order valence-corrected chi connectivity index (χ0v) is 10.7. The highest BCUT2D eigenvalue weighted by Gasteiger charge is 2.04. The van der Waals surface area contributed by atoms with Crippen LogP contribution >= 0.6 is 24.2 Å². The Bertz CT molecular complexity index is 540. The highest BCUT2D eigenvalue weighted by Crippen LogP contribution is 2.11. The van der Waals surface area contributed by atoms with Crippen LogP contribution in [0.15, 0.2) is 24.5 Å². The number of pyridine rings is 1. The summed E-state index contributed by atoms with van der Waals surface area (Å²) < 4.78 is 1.84. The molecule has 0 bridgehead atoms. The van der Waals surface area contributed by atoms with Crippen LogP contribution in [0.25, 0.3) is 5.65 Å². The monoisotopic (exact) mass is 269 g/mol. The van der Waals surface area contributed by atoms with Crippen LogP contribution in [0.1, 0.15) is 12.1 Å². The summed E-state index contributed by atoms with van der Waals surface area (Å²) in [5.74, 6) is 0.530. The first-order valence-corrected chi connectivity index (χ1v) is 6.21. The van der Waals surface area contributed by atoms with Gasteiger partial charge in [-0.2, -0.15) is 12.6 Å². The first kappa shape index (κ1) is 12.3. The van der Waals surface area contributed by atoms with Crippen LogP contribution < -0.4 is 5.32 Å². The summed E-state index contributed by atoms with van der Waals surface area (Å²) in [5, 5.41) is 3.43. The van der Waals surface area contributed by atoms with Gasteiger partial charge in [0, 0.05) is 18.8 Å². The van der Waals surface area contributed by atoms with E-state index in [1.165, 1.54) is 0 Å². The largest absolute Gasteiger partial charge is 0.350 e. The highest BCUT2D eigenvalue weighted by atomic mass is 35.5. The fourth-order valence-corrected chi connectivity index (χ4v) is 1.85. The summed E-state index contributed by atoms with van der Waals surface area (Å²) in [4.78, 5) is 15.6. The number of amides is 1. The van der Waals surface area contributed by atoms with Gasteiger partial charge in [0.1, 0.15) is 5.65 Å². The van der Waals surface area contributed by atoms with Crippen molar-refractivity contribution in [2.45, 2.75) is 13.0 Å². The van der Waals surface area contributed by atoms with Crippen molar-refractivity contribution in [3.63, 3.8) is 0 Å². The number of halogens is 1. The van der Waals surface area contributed by atoms with Gasteiger partial charge in [0.15, 0.2) is 0 Å². The molecule has 0 saturated carbocycles. The van der Waals surface area contributed by atoms with Crippen LogP contribution in [0.5, 0.6) is 0 Å². The third kappa shape index (κ3) is 3.14. The van der Waals surface area contributed by atoms with E-state index in [1.807, 2.05) is 16.7 Å². The van der Waals surface area contributed by atoms with E-state index in [1.54, 1.807) is 12.3 Å². The molecule has 2 aromatic rings. The third-order valence-electron chi connectivity index (χ3n) is 2.27. The maximum Gasteiger partial charge on any atom is 0.221 e. The highest BCUT2D eigenvalue weighted by molar-refractivity contribution is 7.80. The minimum absolute atomic E-state index is 0.0184. The second kappa shape index (κ2) is 5.42. The molecule has 0 aliphatic carbocycles. The topological polar surface area (TPSA) is 46.4 Å². The Morgan fingerprint density at radius 1 is 1.47 bits per heavy atom. The molecular formula is C11H12ClN3OS. The number of nitrogens with one attached hydrogen (secondary N) is 1. The van der Waals surface area contributed by atoms with E-state index in [0.717, 1.165) is 11.3 Å². The fraction of sp³-hybridized carbons (Fsp3) is 0.273. The van der Waals surface area contributed by atoms with Gasteiger partial charge in [0.2, 0.25) is 5.91 Å². The number of carbonyl (C=O) groups is 1. The van der Waals surface area contributed by atoms with E-state index in [9.17, 15) is 4.79 Å². The number of fused-ring (bicyclic) bond motifs is 1. The van der Waals surface area contributed by atoms with Gasteiger partial charge in [0.05, 0.1) is 17.3 Å². The number of imidazole rings is 1. The lowest BCUT2D eigenvalue weighted by Crippen LogP contribution is -2.22. The van der Waals surface area contributed by atoms with Gasteiger partial charge in [-0.15, -0.1) is 0 Å². The molecule has 0 unspecified atom stereocenters. The van der Waals surface area contributed by atoms with E-state index < -0.39 is 0 Å². The Hall–Kier alpha value is -1.20. The summed E-state index contributed by atoms with van der Waals surface area (Å²) in [6, 6.07) is 3.62. The zero-order chi connectivity index (χ0) is 12.3. The van der Waals surface area contributed by atoms with Crippen LogP contribution in [-0.4, -0.2) is 21.0 Å². The molecule has 1 N–H and O–H groups in total. The fourth-order valence-electron chi connectivity index (χ4n) is 1.48. The molecule has 0 aliphatic rings. The maximum absolute atomic E-state index is 11.3. The van der Waals surface area contributed by atoms with Crippen LogP contribution in [-0.2, 0) is 11.3 Å². The number of hydrogen-bond acceptors (Lipinski definition) is 3. The second-order valence-electron chi connectivity index (χ2n) is 3.60. The van der Waals surface area contributed by atoms with Crippen molar-refractivity contribution in [3.05, 3.63) is 35.2 Å². The van der Waals surface area contributed by atoms with E-state index in [4.69, 9.17) is 11.6 Å². The average molecular weight is 270 g/mol. The van der Waals surface area contributed by atoms with Gasteiger partial charge in [-0.1, -0.05) is 11.6 Å². The molecule has 0 saturated heterocycles. The molecular weight excluding hydrogens is 258 g/mol. The Kier molecular flexibility index (Phi) is 3.91. The van der Waals surface area contributed by atoms with Crippen LogP contribution in [0.3, 0.4) is 0 Å². The van der Waals surface area contributed by atoms with Gasteiger partial charge in [0.25, 0.3) is 0 Å². The second-order valence-corrected chi connectivity index (χ2v) is 4.48. The van der Waals surface area contributed by atoms with Gasteiger partial charge >= 0.3 is 0 Å².